The molecule has 3 heteroatoms. The van der Waals surface area contributed by atoms with Crippen LogP contribution in [-0.2, 0) is 0 Å². The van der Waals surface area contributed by atoms with Gasteiger partial charge in [-0.3, -0.25) is 4.79 Å². The summed E-state index contributed by atoms with van der Waals surface area (Å²) in [6.07, 6.45) is 2.48. The molecule has 0 N–H and O–H groups in total. The highest BCUT2D eigenvalue weighted by Crippen LogP contribution is 2.33. The molecule has 0 bridgehead atoms. The van der Waals surface area contributed by atoms with Crippen LogP contribution in [0.15, 0.2) is 18.2 Å². The number of piperidine rings is 1. The highest BCUT2D eigenvalue weighted by Gasteiger charge is 2.26. The summed E-state index contributed by atoms with van der Waals surface area (Å²) in [5, 5.41) is 0.684. The largest absolute Gasteiger partial charge is 0.367 e. The summed E-state index contributed by atoms with van der Waals surface area (Å²) in [5.41, 5.74) is 1.74. The van der Waals surface area contributed by atoms with Crippen molar-refractivity contribution in [1.82, 2.24) is 0 Å². The van der Waals surface area contributed by atoms with Crippen LogP contribution in [0.2, 0.25) is 5.02 Å². The summed E-state index contributed by atoms with van der Waals surface area (Å²) < 4.78 is 0. The molecular weight excluding hydrogens is 246 g/mol. The molecule has 1 aromatic carbocycles. The Kier molecular flexibility index (Phi) is 3.96. The van der Waals surface area contributed by atoms with Crippen molar-refractivity contribution >= 4 is 23.1 Å². The van der Waals surface area contributed by atoms with E-state index < -0.39 is 0 Å². The minimum atomic E-state index is 0.0588. The van der Waals surface area contributed by atoms with Crippen LogP contribution in [0.5, 0.6) is 0 Å². The van der Waals surface area contributed by atoms with Crippen LogP contribution in [-0.4, -0.2) is 18.4 Å². The first-order valence-corrected chi connectivity index (χ1v) is 6.95. The molecule has 0 saturated carbocycles. The number of benzene rings is 1. The van der Waals surface area contributed by atoms with Crippen molar-refractivity contribution in [2.45, 2.75) is 39.7 Å². The predicted molar refractivity (Wildman–Crippen MR) is 76.7 cm³/mol. The van der Waals surface area contributed by atoms with Gasteiger partial charge in [-0.05, 0) is 50.8 Å². The average Bonchev–Trinajstić information content (AvgIpc) is 2.33. The minimum absolute atomic E-state index is 0.0588. The molecule has 2 atom stereocenters. The van der Waals surface area contributed by atoms with Crippen LogP contribution < -0.4 is 4.90 Å². The number of Topliss-reactive ketones (excluding diaryl/α,β-unsaturated/α-hetero) is 1. The summed E-state index contributed by atoms with van der Waals surface area (Å²) in [7, 11) is 0. The van der Waals surface area contributed by atoms with Crippen LogP contribution in [0.25, 0.3) is 0 Å². The van der Waals surface area contributed by atoms with Gasteiger partial charge in [-0.15, -0.1) is 0 Å². The van der Waals surface area contributed by atoms with Crippen molar-refractivity contribution < 1.29 is 4.79 Å². The average molecular weight is 266 g/mol. The van der Waals surface area contributed by atoms with Gasteiger partial charge in [0.05, 0.1) is 10.7 Å². The van der Waals surface area contributed by atoms with E-state index in [1.165, 1.54) is 12.8 Å². The smallest absolute Gasteiger partial charge is 0.159 e. The summed E-state index contributed by atoms with van der Waals surface area (Å²) in [6.45, 7) is 7.15. The van der Waals surface area contributed by atoms with Gasteiger partial charge in [-0.2, -0.15) is 0 Å². The van der Waals surface area contributed by atoms with Gasteiger partial charge in [0, 0.05) is 18.2 Å². The van der Waals surface area contributed by atoms with Crippen LogP contribution >= 0.6 is 11.6 Å². The molecule has 2 nitrogen and oxygen atoms in total. The topological polar surface area (TPSA) is 20.3 Å². The first-order valence-electron chi connectivity index (χ1n) is 6.58. The molecule has 1 aliphatic rings. The SMILES string of the molecule is CC(=O)c1ccc(N2CCCC(C)C2C)c(Cl)c1. The number of halogens is 1. The molecule has 1 fully saturated rings. The van der Waals surface area contributed by atoms with Gasteiger partial charge < -0.3 is 4.90 Å². The second kappa shape index (κ2) is 5.31. The summed E-state index contributed by atoms with van der Waals surface area (Å²) in [4.78, 5) is 13.7. The van der Waals surface area contributed by atoms with E-state index in [1.54, 1.807) is 13.0 Å². The molecule has 1 heterocycles. The van der Waals surface area contributed by atoms with Crippen LogP contribution in [0.3, 0.4) is 0 Å². The van der Waals surface area contributed by atoms with Crippen LogP contribution in [0.1, 0.15) is 44.0 Å². The lowest BCUT2D eigenvalue weighted by Gasteiger charge is -2.40. The summed E-state index contributed by atoms with van der Waals surface area (Å²) in [5.74, 6) is 0.741. The van der Waals surface area contributed by atoms with Crippen molar-refractivity contribution in [2.24, 2.45) is 5.92 Å². The van der Waals surface area contributed by atoms with Crippen molar-refractivity contribution in [3.05, 3.63) is 28.8 Å². The van der Waals surface area contributed by atoms with Gasteiger partial charge in [-0.1, -0.05) is 18.5 Å². The normalized spacial score (nSPS) is 24.1. The van der Waals surface area contributed by atoms with E-state index in [1.807, 2.05) is 12.1 Å². The van der Waals surface area contributed by atoms with Crippen molar-refractivity contribution in [2.75, 3.05) is 11.4 Å². The van der Waals surface area contributed by atoms with Gasteiger partial charge in [0.2, 0.25) is 0 Å². The Morgan fingerprint density at radius 3 is 2.72 bits per heavy atom. The third-order valence-corrected chi connectivity index (χ3v) is 4.34. The molecule has 0 radical (unpaired) electrons. The van der Waals surface area contributed by atoms with E-state index in [2.05, 4.69) is 18.7 Å². The van der Waals surface area contributed by atoms with Gasteiger partial charge in [0.25, 0.3) is 0 Å². The number of anilines is 1. The molecule has 0 amide bonds. The lowest BCUT2D eigenvalue weighted by atomic mass is 9.91. The third kappa shape index (κ3) is 2.54. The second-order valence-electron chi connectivity index (χ2n) is 5.28. The molecule has 2 rings (SSSR count). The number of ketones is 1. The number of rotatable bonds is 2. The maximum Gasteiger partial charge on any atom is 0.159 e. The summed E-state index contributed by atoms with van der Waals surface area (Å²) in [6, 6.07) is 6.13. The quantitative estimate of drug-likeness (QED) is 0.748. The Balaban J connectivity index is 2.30. The Hall–Kier alpha value is -1.02. The van der Waals surface area contributed by atoms with Gasteiger partial charge in [0.15, 0.2) is 5.78 Å². The van der Waals surface area contributed by atoms with E-state index >= 15 is 0 Å². The molecule has 0 aliphatic carbocycles. The molecule has 18 heavy (non-hydrogen) atoms. The van der Waals surface area contributed by atoms with Gasteiger partial charge in [0.1, 0.15) is 0 Å². The Morgan fingerprint density at radius 2 is 2.11 bits per heavy atom. The number of nitrogens with zero attached hydrogens (tertiary/aromatic N) is 1. The van der Waals surface area contributed by atoms with Gasteiger partial charge in [-0.25, -0.2) is 0 Å². The van der Waals surface area contributed by atoms with Crippen molar-refractivity contribution in [3.63, 3.8) is 0 Å². The number of hydrogen-bond acceptors (Lipinski definition) is 2. The second-order valence-corrected chi connectivity index (χ2v) is 5.68. The van der Waals surface area contributed by atoms with E-state index in [9.17, 15) is 4.79 Å². The number of carbonyl (C=O) groups is 1. The minimum Gasteiger partial charge on any atom is -0.367 e. The molecule has 0 aromatic heterocycles. The lowest BCUT2D eigenvalue weighted by Crippen LogP contribution is -2.42. The Labute approximate surface area is 114 Å². The number of hydrogen-bond donors (Lipinski definition) is 0. The Morgan fingerprint density at radius 1 is 1.39 bits per heavy atom. The molecule has 1 aliphatic heterocycles. The molecule has 0 spiro atoms. The monoisotopic (exact) mass is 265 g/mol. The highest BCUT2D eigenvalue weighted by molar-refractivity contribution is 6.33. The first-order chi connectivity index (χ1) is 8.50. The zero-order valence-electron chi connectivity index (χ0n) is 11.2. The molecule has 98 valence electrons. The van der Waals surface area contributed by atoms with E-state index in [0.29, 0.717) is 22.5 Å². The highest BCUT2D eigenvalue weighted by atomic mass is 35.5. The van der Waals surface area contributed by atoms with E-state index in [0.717, 1.165) is 12.2 Å². The zero-order valence-corrected chi connectivity index (χ0v) is 12.0. The fraction of sp³-hybridized carbons (Fsp3) is 0.533. The fourth-order valence-electron chi connectivity index (χ4n) is 2.63. The Bertz CT molecular complexity index is 458. The van der Waals surface area contributed by atoms with E-state index in [-0.39, 0.29) is 5.78 Å². The maximum atomic E-state index is 11.3. The van der Waals surface area contributed by atoms with E-state index in [4.69, 9.17) is 11.6 Å². The molecule has 1 saturated heterocycles. The van der Waals surface area contributed by atoms with Crippen LogP contribution in [0.4, 0.5) is 5.69 Å². The first kappa shape index (κ1) is 13.4. The van der Waals surface area contributed by atoms with Crippen molar-refractivity contribution in [1.29, 1.82) is 0 Å². The van der Waals surface area contributed by atoms with Crippen LogP contribution in [0, 0.1) is 5.92 Å². The van der Waals surface area contributed by atoms with Gasteiger partial charge >= 0.3 is 0 Å². The standard InChI is InChI=1S/C15H20ClNO/c1-10-5-4-8-17(11(10)2)15-7-6-13(12(3)18)9-14(15)16/h6-7,9-11H,4-5,8H2,1-3H3. The number of carbonyl (C=O) groups excluding carboxylic acids is 1. The molecular formula is C15H20ClNO. The lowest BCUT2D eigenvalue weighted by molar-refractivity contribution is 0.101. The maximum absolute atomic E-state index is 11.3. The molecule has 2 unspecified atom stereocenters. The predicted octanol–water partition coefficient (Wildman–Crippen LogP) is 4.17. The fourth-order valence-corrected chi connectivity index (χ4v) is 2.92. The third-order valence-electron chi connectivity index (χ3n) is 4.04. The van der Waals surface area contributed by atoms with Crippen molar-refractivity contribution in [3.8, 4) is 0 Å². The molecule has 1 aromatic rings. The summed E-state index contributed by atoms with van der Waals surface area (Å²) >= 11 is 6.33. The zero-order chi connectivity index (χ0) is 13.3.